The lowest BCUT2D eigenvalue weighted by Gasteiger charge is -2.06. The van der Waals surface area contributed by atoms with Crippen LogP contribution in [0.4, 0.5) is 11.5 Å². The molecule has 0 aliphatic carbocycles. The van der Waals surface area contributed by atoms with Crippen molar-refractivity contribution < 1.29 is 5.11 Å². The lowest BCUT2D eigenvalue weighted by molar-refractivity contribution is 0.342. The Hall–Kier alpha value is -2.92. The Bertz CT molecular complexity index is 924. The average Bonchev–Trinajstić information content (AvgIpc) is 3.04. The average molecular weight is 334 g/mol. The van der Waals surface area contributed by atoms with E-state index in [1.54, 1.807) is 12.4 Å². The molecular weight excluding hydrogens is 312 g/mol. The number of allylic oxidation sites excluding steroid dienone is 3. The molecule has 2 aromatic heterocycles. The van der Waals surface area contributed by atoms with Gasteiger partial charge in [0.15, 0.2) is 0 Å². The van der Waals surface area contributed by atoms with Crippen molar-refractivity contribution in [1.29, 1.82) is 0 Å². The van der Waals surface area contributed by atoms with E-state index in [0.29, 0.717) is 0 Å². The molecule has 0 amide bonds. The number of nitrogens with zero attached hydrogens (tertiary/aromatic N) is 2. The number of aliphatic hydroxyl groups is 1. The van der Waals surface area contributed by atoms with Crippen LogP contribution in [0.5, 0.6) is 0 Å². The van der Waals surface area contributed by atoms with Crippen molar-refractivity contribution in [2.75, 3.05) is 11.9 Å². The van der Waals surface area contributed by atoms with Crippen LogP contribution < -0.4 is 5.32 Å². The fourth-order valence-electron chi connectivity index (χ4n) is 2.74. The normalized spacial score (nSPS) is 12.2. The third kappa shape index (κ3) is 3.95. The maximum atomic E-state index is 8.89. The fraction of sp³-hybridized carbons (Fsp3) is 0.200. The van der Waals surface area contributed by atoms with Gasteiger partial charge in [-0.1, -0.05) is 30.4 Å². The molecule has 1 aromatic carbocycles. The molecule has 2 heterocycles. The number of aliphatic hydroxyl groups excluding tert-OH is 1. The van der Waals surface area contributed by atoms with Gasteiger partial charge >= 0.3 is 0 Å². The number of fused-ring (bicyclic) bond motifs is 1. The van der Waals surface area contributed by atoms with Crippen molar-refractivity contribution in [2.45, 2.75) is 20.3 Å². The van der Waals surface area contributed by atoms with Crippen LogP contribution in [0.3, 0.4) is 0 Å². The minimum atomic E-state index is 0.0553. The van der Waals surface area contributed by atoms with Crippen LogP contribution in [0.2, 0.25) is 0 Å². The second-order valence-electron chi connectivity index (χ2n) is 5.83. The molecule has 0 aliphatic rings. The number of hydrogen-bond acceptors (Lipinski definition) is 4. The van der Waals surface area contributed by atoms with Crippen molar-refractivity contribution >= 4 is 28.1 Å². The zero-order valence-electron chi connectivity index (χ0n) is 14.5. The van der Waals surface area contributed by atoms with Crippen LogP contribution in [0.25, 0.3) is 16.6 Å². The number of aryl methyl sites for hydroxylation is 1. The van der Waals surface area contributed by atoms with Gasteiger partial charge in [-0.15, -0.1) is 0 Å². The number of aromatic amines is 1. The lowest BCUT2D eigenvalue weighted by Crippen LogP contribution is -1.95. The molecule has 0 fully saturated rings. The summed E-state index contributed by atoms with van der Waals surface area (Å²) in [5, 5.41) is 13.2. The first-order chi connectivity index (χ1) is 12.2. The molecule has 0 unspecified atom stereocenters. The molecule has 128 valence electrons. The number of benzene rings is 1. The monoisotopic (exact) mass is 334 g/mol. The van der Waals surface area contributed by atoms with Gasteiger partial charge in [0.1, 0.15) is 17.8 Å². The fourth-order valence-corrected chi connectivity index (χ4v) is 2.74. The maximum absolute atomic E-state index is 8.89. The Morgan fingerprint density at radius 3 is 2.88 bits per heavy atom. The van der Waals surface area contributed by atoms with Crippen molar-refractivity contribution in [1.82, 2.24) is 15.0 Å². The van der Waals surface area contributed by atoms with Gasteiger partial charge in [0.2, 0.25) is 0 Å². The highest BCUT2D eigenvalue weighted by Gasteiger charge is 2.10. The third-order valence-electron chi connectivity index (χ3n) is 4.01. The van der Waals surface area contributed by atoms with Crippen molar-refractivity contribution in [3.63, 3.8) is 0 Å². The molecule has 0 saturated heterocycles. The lowest BCUT2D eigenvalue weighted by atomic mass is 10.1. The molecule has 5 heteroatoms. The zero-order chi connectivity index (χ0) is 17.6. The second kappa shape index (κ2) is 7.77. The quantitative estimate of drug-likeness (QED) is 0.586. The first kappa shape index (κ1) is 16.9. The highest BCUT2D eigenvalue weighted by molar-refractivity contribution is 5.92. The van der Waals surface area contributed by atoms with Crippen LogP contribution >= 0.6 is 0 Å². The molecule has 0 radical (unpaired) electrons. The summed E-state index contributed by atoms with van der Waals surface area (Å²) < 4.78 is 0. The summed E-state index contributed by atoms with van der Waals surface area (Å²) in [4.78, 5) is 12.1. The molecular formula is C20H22N4O. The predicted molar refractivity (Wildman–Crippen MR) is 103 cm³/mol. The van der Waals surface area contributed by atoms with Gasteiger partial charge in [0, 0.05) is 11.4 Å². The SMILES string of the molecule is C/C=C(\C/C=C\CO)c1cc2c(Nc3cccc(C)c3)ncnc2[nH]1. The number of nitrogens with one attached hydrogen (secondary N) is 2. The van der Waals surface area contributed by atoms with Crippen LogP contribution in [0.15, 0.2) is 54.9 Å². The summed E-state index contributed by atoms with van der Waals surface area (Å²) in [6.45, 7) is 4.12. The van der Waals surface area contributed by atoms with Gasteiger partial charge in [-0.3, -0.25) is 0 Å². The Labute approximate surface area is 147 Å². The largest absolute Gasteiger partial charge is 0.392 e. The van der Waals surface area contributed by atoms with Gasteiger partial charge in [0.05, 0.1) is 12.0 Å². The summed E-state index contributed by atoms with van der Waals surface area (Å²) >= 11 is 0. The number of H-pyrrole nitrogens is 1. The summed E-state index contributed by atoms with van der Waals surface area (Å²) in [5.74, 6) is 0.777. The molecule has 0 saturated carbocycles. The molecule has 3 rings (SSSR count). The Morgan fingerprint density at radius 1 is 1.24 bits per heavy atom. The first-order valence-corrected chi connectivity index (χ1v) is 8.30. The summed E-state index contributed by atoms with van der Waals surface area (Å²) in [6, 6.07) is 10.2. The van der Waals surface area contributed by atoms with Crippen LogP contribution in [-0.4, -0.2) is 26.7 Å². The summed E-state index contributed by atoms with van der Waals surface area (Å²) in [5.41, 5.74) is 5.14. The van der Waals surface area contributed by atoms with Gasteiger partial charge in [-0.2, -0.15) is 0 Å². The van der Waals surface area contributed by atoms with E-state index in [-0.39, 0.29) is 6.61 Å². The van der Waals surface area contributed by atoms with E-state index in [4.69, 9.17) is 5.11 Å². The van der Waals surface area contributed by atoms with Gasteiger partial charge in [0.25, 0.3) is 0 Å². The summed E-state index contributed by atoms with van der Waals surface area (Å²) in [6.07, 6.45) is 8.07. The predicted octanol–water partition coefficient (Wildman–Crippen LogP) is 4.35. The number of aromatic nitrogens is 3. The minimum absolute atomic E-state index is 0.0553. The highest BCUT2D eigenvalue weighted by Crippen LogP contribution is 2.28. The van der Waals surface area contributed by atoms with E-state index in [2.05, 4.69) is 51.5 Å². The van der Waals surface area contributed by atoms with Crippen molar-refractivity contribution in [3.05, 3.63) is 66.1 Å². The second-order valence-corrected chi connectivity index (χ2v) is 5.83. The molecule has 3 aromatic rings. The van der Waals surface area contributed by atoms with E-state index >= 15 is 0 Å². The van der Waals surface area contributed by atoms with E-state index in [9.17, 15) is 0 Å². The molecule has 5 nitrogen and oxygen atoms in total. The summed E-state index contributed by atoms with van der Waals surface area (Å²) in [7, 11) is 0. The zero-order valence-corrected chi connectivity index (χ0v) is 14.5. The van der Waals surface area contributed by atoms with E-state index in [1.165, 1.54) is 5.56 Å². The third-order valence-corrected chi connectivity index (χ3v) is 4.01. The Balaban J connectivity index is 1.94. The molecule has 0 atom stereocenters. The molecule has 0 aliphatic heterocycles. The first-order valence-electron chi connectivity index (χ1n) is 8.30. The van der Waals surface area contributed by atoms with Gasteiger partial charge in [-0.25, -0.2) is 9.97 Å². The van der Waals surface area contributed by atoms with E-state index in [0.717, 1.165) is 40.2 Å². The molecule has 0 bridgehead atoms. The van der Waals surface area contributed by atoms with Crippen molar-refractivity contribution in [3.8, 4) is 0 Å². The Morgan fingerprint density at radius 2 is 2.12 bits per heavy atom. The molecule has 0 spiro atoms. The topological polar surface area (TPSA) is 73.8 Å². The highest BCUT2D eigenvalue weighted by atomic mass is 16.2. The van der Waals surface area contributed by atoms with Crippen LogP contribution in [0.1, 0.15) is 24.6 Å². The van der Waals surface area contributed by atoms with E-state index in [1.807, 2.05) is 25.1 Å². The molecule has 25 heavy (non-hydrogen) atoms. The number of anilines is 2. The number of rotatable bonds is 6. The molecule has 3 N–H and O–H groups in total. The smallest absolute Gasteiger partial charge is 0.143 e. The van der Waals surface area contributed by atoms with Gasteiger partial charge < -0.3 is 15.4 Å². The van der Waals surface area contributed by atoms with E-state index < -0.39 is 0 Å². The maximum Gasteiger partial charge on any atom is 0.143 e. The standard InChI is InChI=1S/C20H22N4O/c1-3-15(8-4-5-10-25)18-12-17-19(21-13-22-20(17)24-18)23-16-9-6-7-14(2)11-16/h3-7,9,11-13,25H,8,10H2,1-2H3,(H2,21,22,23,24)/b5-4-,15-3+. The minimum Gasteiger partial charge on any atom is -0.392 e. The van der Waals surface area contributed by atoms with Crippen LogP contribution in [-0.2, 0) is 0 Å². The van der Waals surface area contributed by atoms with Crippen molar-refractivity contribution in [2.24, 2.45) is 0 Å². The number of hydrogen-bond donors (Lipinski definition) is 3. The Kier molecular flexibility index (Phi) is 5.26. The van der Waals surface area contributed by atoms with Crippen LogP contribution in [0, 0.1) is 6.92 Å². The van der Waals surface area contributed by atoms with Gasteiger partial charge in [-0.05, 0) is 49.6 Å².